The quantitative estimate of drug-likeness (QED) is 0.394. The summed E-state index contributed by atoms with van der Waals surface area (Å²) in [6.45, 7) is 2.65. The van der Waals surface area contributed by atoms with Crippen LogP contribution in [0.2, 0.25) is 0 Å². The monoisotopic (exact) mass is 434 g/mol. The van der Waals surface area contributed by atoms with Gasteiger partial charge in [-0.2, -0.15) is 8.78 Å². The van der Waals surface area contributed by atoms with Gasteiger partial charge in [-0.15, -0.1) is 0 Å². The minimum atomic E-state index is -1.55. The van der Waals surface area contributed by atoms with Gasteiger partial charge in [-0.25, -0.2) is 0 Å². The molecule has 4 rings (SSSR count). The first-order valence-electron chi connectivity index (χ1n) is 13.4. The van der Waals surface area contributed by atoms with Crippen molar-refractivity contribution in [3.8, 4) is 0 Å². The summed E-state index contributed by atoms with van der Waals surface area (Å²) in [6, 6.07) is 0. The molecule has 176 valence electrons. The van der Waals surface area contributed by atoms with Crippen LogP contribution in [0.3, 0.4) is 0 Å². The highest BCUT2D eigenvalue weighted by Gasteiger charge is 2.36. The first-order chi connectivity index (χ1) is 15.1. The highest BCUT2D eigenvalue weighted by atomic mass is 19.3. The van der Waals surface area contributed by atoms with Gasteiger partial charge in [0.15, 0.2) is 0 Å². The average Bonchev–Trinajstić information content (AvgIpc) is 2.80. The summed E-state index contributed by atoms with van der Waals surface area (Å²) in [5, 5.41) is 0. The van der Waals surface area contributed by atoms with Crippen LogP contribution in [0.15, 0.2) is 24.3 Å². The van der Waals surface area contributed by atoms with Crippen LogP contribution in [0.4, 0.5) is 8.78 Å². The summed E-state index contributed by atoms with van der Waals surface area (Å²) in [6.07, 6.45) is 23.4. The Labute approximate surface area is 189 Å². The van der Waals surface area contributed by atoms with Crippen molar-refractivity contribution in [2.45, 2.75) is 103 Å². The maximum atomic E-state index is 12.5. The molecule has 4 fully saturated rings. The van der Waals surface area contributed by atoms with Crippen LogP contribution in [-0.2, 0) is 4.74 Å². The van der Waals surface area contributed by atoms with Crippen LogP contribution in [0.1, 0.15) is 96.8 Å². The lowest BCUT2D eigenvalue weighted by atomic mass is 9.64. The van der Waals surface area contributed by atoms with Crippen molar-refractivity contribution in [2.24, 2.45) is 41.4 Å². The van der Waals surface area contributed by atoms with Gasteiger partial charge >= 0.3 is 0 Å². The van der Waals surface area contributed by atoms with Gasteiger partial charge in [0.2, 0.25) is 0 Å². The van der Waals surface area contributed by atoms with Crippen molar-refractivity contribution in [3.63, 3.8) is 0 Å². The first kappa shape index (κ1) is 23.5. The van der Waals surface area contributed by atoms with Gasteiger partial charge in [-0.1, -0.05) is 12.2 Å². The van der Waals surface area contributed by atoms with Crippen molar-refractivity contribution >= 4 is 0 Å². The smallest absolute Gasteiger partial charge is 0.266 e. The third-order valence-electron chi connectivity index (χ3n) is 9.48. The zero-order valence-electron chi connectivity index (χ0n) is 19.6. The van der Waals surface area contributed by atoms with E-state index in [1.807, 2.05) is 0 Å². The van der Waals surface area contributed by atoms with E-state index in [1.165, 1.54) is 77.0 Å². The molecule has 0 aromatic rings. The Morgan fingerprint density at radius 1 is 0.613 bits per heavy atom. The van der Waals surface area contributed by atoms with E-state index >= 15 is 0 Å². The average molecular weight is 435 g/mol. The summed E-state index contributed by atoms with van der Waals surface area (Å²) in [7, 11) is 0. The SMILES string of the molecule is C/C=C/C1CCC(C2CCC(C3CCC(C4CCC(C=C(F)F)CO4)CC3)CC2)CC1. The highest BCUT2D eigenvalue weighted by molar-refractivity contribution is 4.93. The highest BCUT2D eigenvalue weighted by Crippen LogP contribution is 2.47. The lowest BCUT2D eigenvalue weighted by Crippen LogP contribution is -2.35. The number of ether oxygens (including phenoxy) is 1. The summed E-state index contributed by atoms with van der Waals surface area (Å²) in [4.78, 5) is 0. The van der Waals surface area contributed by atoms with Gasteiger partial charge in [0.05, 0.1) is 12.7 Å². The molecule has 0 spiro atoms. The lowest BCUT2D eigenvalue weighted by Gasteiger charge is -2.42. The van der Waals surface area contributed by atoms with Crippen LogP contribution in [0, 0.1) is 41.4 Å². The van der Waals surface area contributed by atoms with Crippen LogP contribution in [0.5, 0.6) is 0 Å². The molecule has 0 bridgehead atoms. The Kier molecular flexibility index (Phi) is 8.65. The molecule has 2 atom stereocenters. The van der Waals surface area contributed by atoms with E-state index in [4.69, 9.17) is 4.74 Å². The molecule has 3 saturated carbocycles. The molecule has 31 heavy (non-hydrogen) atoms. The fraction of sp³-hybridized carbons (Fsp3) is 0.857. The lowest BCUT2D eigenvalue weighted by molar-refractivity contribution is -0.0527. The molecule has 1 saturated heterocycles. The molecule has 3 aliphatic carbocycles. The standard InChI is InChI=1S/C28H44F2O/c1-2-3-20-4-7-22(8-5-20)23-9-11-24(12-10-23)25-13-15-26(16-14-25)27-17-6-21(19-31-27)18-28(29)30/h2-3,18,20-27H,4-17,19H2,1H3/b3-2+. The van der Waals surface area contributed by atoms with Crippen molar-refractivity contribution in [2.75, 3.05) is 6.61 Å². The van der Waals surface area contributed by atoms with E-state index in [2.05, 4.69) is 19.1 Å². The summed E-state index contributed by atoms with van der Waals surface area (Å²) >= 11 is 0. The number of hydrogen-bond donors (Lipinski definition) is 0. The van der Waals surface area contributed by atoms with E-state index in [0.29, 0.717) is 18.6 Å². The summed E-state index contributed by atoms with van der Waals surface area (Å²) < 4.78 is 31.0. The molecular formula is C28H44F2O. The largest absolute Gasteiger partial charge is 0.377 e. The van der Waals surface area contributed by atoms with Crippen molar-refractivity contribution in [3.05, 3.63) is 24.3 Å². The van der Waals surface area contributed by atoms with Crippen molar-refractivity contribution in [1.82, 2.24) is 0 Å². The molecule has 0 radical (unpaired) electrons. The normalized spacial score (nSPS) is 42.4. The van der Waals surface area contributed by atoms with Crippen LogP contribution in [-0.4, -0.2) is 12.7 Å². The van der Waals surface area contributed by atoms with Gasteiger partial charge in [0, 0.05) is 5.92 Å². The Bertz CT molecular complexity index is 578. The van der Waals surface area contributed by atoms with E-state index in [9.17, 15) is 8.78 Å². The van der Waals surface area contributed by atoms with E-state index < -0.39 is 6.08 Å². The molecule has 0 N–H and O–H groups in total. The number of rotatable bonds is 5. The maximum absolute atomic E-state index is 12.5. The molecule has 4 aliphatic rings. The van der Waals surface area contributed by atoms with Gasteiger partial charge < -0.3 is 4.74 Å². The Balaban J connectivity index is 1.15. The second-order valence-corrected chi connectivity index (χ2v) is 11.2. The molecule has 1 aliphatic heterocycles. The van der Waals surface area contributed by atoms with Gasteiger partial charge in [0.1, 0.15) is 0 Å². The Morgan fingerprint density at radius 2 is 1.06 bits per heavy atom. The topological polar surface area (TPSA) is 9.23 Å². The molecule has 2 unspecified atom stereocenters. The molecular weight excluding hydrogens is 390 g/mol. The second kappa shape index (κ2) is 11.4. The zero-order chi connectivity index (χ0) is 21.6. The minimum absolute atomic E-state index is 0.0778. The third kappa shape index (κ3) is 6.42. The number of halogens is 2. The zero-order valence-corrected chi connectivity index (χ0v) is 19.6. The molecule has 0 amide bonds. The first-order valence-corrected chi connectivity index (χ1v) is 13.4. The van der Waals surface area contributed by atoms with Crippen LogP contribution >= 0.6 is 0 Å². The molecule has 1 nitrogen and oxygen atoms in total. The third-order valence-corrected chi connectivity index (χ3v) is 9.48. The number of allylic oxidation sites excluding steroid dienone is 2. The molecule has 3 heteroatoms. The van der Waals surface area contributed by atoms with Gasteiger partial charge in [0.25, 0.3) is 6.08 Å². The van der Waals surface area contributed by atoms with Crippen molar-refractivity contribution in [1.29, 1.82) is 0 Å². The van der Waals surface area contributed by atoms with E-state index in [1.54, 1.807) is 0 Å². The fourth-order valence-corrected chi connectivity index (χ4v) is 7.63. The van der Waals surface area contributed by atoms with Crippen LogP contribution in [0.25, 0.3) is 0 Å². The van der Waals surface area contributed by atoms with Gasteiger partial charge in [-0.3, -0.25) is 0 Å². The van der Waals surface area contributed by atoms with E-state index in [0.717, 1.165) is 48.5 Å². The van der Waals surface area contributed by atoms with Gasteiger partial charge in [-0.05, 0) is 138 Å². The molecule has 0 aromatic carbocycles. The predicted molar refractivity (Wildman–Crippen MR) is 124 cm³/mol. The number of hydrogen-bond acceptors (Lipinski definition) is 1. The fourth-order valence-electron chi connectivity index (χ4n) is 7.63. The van der Waals surface area contributed by atoms with Crippen molar-refractivity contribution < 1.29 is 13.5 Å². The Hall–Kier alpha value is -0.700. The summed E-state index contributed by atoms with van der Waals surface area (Å²) in [5.41, 5.74) is 0. The predicted octanol–water partition coefficient (Wildman–Crippen LogP) is 8.56. The molecule has 0 aromatic heterocycles. The molecule has 1 heterocycles. The van der Waals surface area contributed by atoms with E-state index in [-0.39, 0.29) is 5.92 Å². The summed E-state index contributed by atoms with van der Waals surface area (Å²) in [5.74, 6) is 5.35. The van der Waals surface area contributed by atoms with Crippen LogP contribution < -0.4 is 0 Å². The second-order valence-electron chi connectivity index (χ2n) is 11.2. The minimum Gasteiger partial charge on any atom is -0.377 e. The maximum Gasteiger partial charge on any atom is 0.266 e. The Morgan fingerprint density at radius 3 is 1.48 bits per heavy atom.